The first-order chi connectivity index (χ1) is 13.0. The van der Waals surface area contributed by atoms with Gasteiger partial charge in [-0.15, -0.1) is 0 Å². The molecule has 1 aliphatic heterocycles. The van der Waals surface area contributed by atoms with Gasteiger partial charge in [0.25, 0.3) is 0 Å². The average molecular weight is 375 g/mol. The van der Waals surface area contributed by atoms with Crippen LogP contribution in [0.25, 0.3) is 0 Å². The van der Waals surface area contributed by atoms with E-state index in [9.17, 15) is 9.59 Å². The summed E-state index contributed by atoms with van der Waals surface area (Å²) < 4.78 is 0. The van der Waals surface area contributed by atoms with Crippen LogP contribution in [0.3, 0.4) is 0 Å². The third-order valence-electron chi connectivity index (χ3n) is 5.31. The lowest BCUT2D eigenvalue weighted by atomic mass is 9.99. The Morgan fingerprint density at radius 2 is 1.52 bits per heavy atom. The van der Waals surface area contributed by atoms with Crippen LogP contribution in [0.4, 0.5) is 11.4 Å². The number of hydrogen-bond donors (Lipinski definition) is 3. The van der Waals surface area contributed by atoms with Gasteiger partial charge in [0.15, 0.2) is 0 Å². The number of nitrogens with two attached hydrogens (primary N) is 1. The van der Waals surface area contributed by atoms with Gasteiger partial charge in [0.2, 0.25) is 11.8 Å². The van der Waals surface area contributed by atoms with E-state index in [1.165, 1.54) is 32.1 Å². The van der Waals surface area contributed by atoms with E-state index in [1.54, 1.807) is 24.3 Å². The molecule has 0 spiro atoms. The van der Waals surface area contributed by atoms with Gasteiger partial charge in [0.1, 0.15) is 0 Å². The van der Waals surface area contributed by atoms with E-state index < -0.39 is 6.04 Å². The molecule has 27 heavy (non-hydrogen) atoms. The number of amides is 2. The van der Waals surface area contributed by atoms with Crippen molar-refractivity contribution in [3.63, 3.8) is 0 Å². The number of carbonyl (C=O) groups excluding carboxylic acids is 2. The first kappa shape index (κ1) is 21.4. The van der Waals surface area contributed by atoms with Crippen molar-refractivity contribution in [1.82, 2.24) is 4.90 Å². The number of anilines is 2. The van der Waals surface area contributed by atoms with E-state index >= 15 is 0 Å². The van der Waals surface area contributed by atoms with Crippen LogP contribution in [0.1, 0.15) is 52.4 Å². The highest BCUT2D eigenvalue weighted by Crippen LogP contribution is 2.16. The molecular formula is C21H34N4O2. The van der Waals surface area contributed by atoms with Gasteiger partial charge in [-0.3, -0.25) is 14.5 Å². The maximum absolute atomic E-state index is 12.3. The number of hydrogen-bond acceptors (Lipinski definition) is 4. The zero-order valence-electron chi connectivity index (χ0n) is 16.7. The van der Waals surface area contributed by atoms with Crippen LogP contribution >= 0.6 is 0 Å². The van der Waals surface area contributed by atoms with E-state index in [0.717, 1.165) is 25.2 Å². The summed E-state index contributed by atoms with van der Waals surface area (Å²) in [6.45, 7) is 6.41. The van der Waals surface area contributed by atoms with Crippen molar-refractivity contribution < 1.29 is 9.59 Å². The Morgan fingerprint density at radius 3 is 2.07 bits per heavy atom. The highest BCUT2D eigenvalue weighted by Gasteiger charge is 2.19. The number of carbonyl (C=O) groups is 2. The lowest BCUT2D eigenvalue weighted by Gasteiger charge is -2.23. The number of rotatable bonds is 7. The minimum absolute atomic E-state index is 0.00570. The number of nitrogens with zero attached hydrogens (tertiary/aromatic N) is 1. The van der Waals surface area contributed by atoms with E-state index in [0.29, 0.717) is 12.2 Å². The van der Waals surface area contributed by atoms with Gasteiger partial charge in [0.05, 0.1) is 12.6 Å². The van der Waals surface area contributed by atoms with Crippen molar-refractivity contribution in [3.05, 3.63) is 24.3 Å². The van der Waals surface area contributed by atoms with Crippen LogP contribution in [-0.2, 0) is 9.59 Å². The van der Waals surface area contributed by atoms with Gasteiger partial charge in [-0.2, -0.15) is 0 Å². The first-order valence-corrected chi connectivity index (χ1v) is 10.2. The second-order valence-electron chi connectivity index (χ2n) is 7.57. The third kappa shape index (κ3) is 7.31. The molecule has 6 nitrogen and oxygen atoms in total. The van der Waals surface area contributed by atoms with Gasteiger partial charge in [0, 0.05) is 11.4 Å². The predicted octanol–water partition coefficient (Wildman–Crippen LogP) is 3.20. The molecule has 2 atom stereocenters. The molecule has 1 heterocycles. The van der Waals surface area contributed by atoms with Crippen LogP contribution in [-0.4, -0.2) is 42.4 Å². The maximum Gasteiger partial charge on any atom is 0.241 e. The molecule has 1 aromatic carbocycles. The highest BCUT2D eigenvalue weighted by atomic mass is 16.2. The quantitative estimate of drug-likeness (QED) is 0.684. The normalized spacial score (nSPS) is 18.0. The van der Waals surface area contributed by atoms with E-state index in [-0.39, 0.29) is 17.7 Å². The highest BCUT2D eigenvalue weighted by molar-refractivity contribution is 5.96. The maximum atomic E-state index is 12.3. The van der Waals surface area contributed by atoms with Crippen LogP contribution in [0, 0.1) is 5.92 Å². The number of likely N-dealkylation sites (tertiary alicyclic amines) is 1. The molecular weight excluding hydrogens is 340 g/mol. The largest absolute Gasteiger partial charge is 0.325 e. The van der Waals surface area contributed by atoms with E-state index in [4.69, 9.17) is 5.73 Å². The van der Waals surface area contributed by atoms with Crippen molar-refractivity contribution in [1.29, 1.82) is 0 Å². The molecule has 0 radical (unpaired) electrons. The molecule has 2 unspecified atom stereocenters. The Bertz CT molecular complexity index is 595. The Balaban J connectivity index is 1.82. The fourth-order valence-electron chi connectivity index (χ4n) is 3.25. The van der Waals surface area contributed by atoms with Crippen LogP contribution < -0.4 is 16.4 Å². The fraction of sp³-hybridized carbons (Fsp3) is 0.619. The summed E-state index contributed by atoms with van der Waals surface area (Å²) in [4.78, 5) is 26.7. The second-order valence-corrected chi connectivity index (χ2v) is 7.57. The van der Waals surface area contributed by atoms with Crippen molar-refractivity contribution in [2.75, 3.05) is 30.3 Å². The zero-order chi connectivity index (χ0) is 19.6. The molecule has 150 valence electrons. The monoisotopic (exact) mass is 374 g/mol. The third-order valence-corrected chi connectivity index (χ3v) is 5.31. The summed E-state index contributed by atoms with van der Waals surface area (Å²) >= 11 is 0. The average Bonchev–Trinajstić information content (AvgIpc) is 2.64. The first-order valence-electron chi connectivity index (χ1n) is 10.2. The van der Waals surface area contributed by atoms with Crippen molar-refractivity contribution in [2.45, 2.75) is 58.4 Å². The fourth-order valence-corrected chi connectivity index (χ4v) is 3.25. The smallest absolute Gasteiger partial charge is 0.241 e. The summed E-state index contributed by atoms with van der Waals surface area (Å²) in [5, 5.41) is 5.77. The van der Waals surface area contributed by atoms with Crippen molar-refractivity contribution >= 4 is 23.2 Å². The van der Waals surface area contributed by atoms with E-state index in [1.807, 2.05) is 13.8 Å². The van der Waals surface area contributed by atoms with Crippen LogP contribution in [0.2, 0.25) is 0 Å². The zero-order valence-corrected chi connectivity index (χ0v) is 16.7. The lowest BCUT2D eigenvalue weighted by molar-refractivity contribution is -0.118. The molecule has 1 aliphatic rings. The van der Waals surface area contributed by atoms with Crippen molar-refractivity contribution in [3.8, 4) is 0 Å². The number of nitrogens with one attached hydrogen (secondary N) is 2. The molecule has 0 saturated carbocycles. The van der Waals surface area contributed by atoms with Gasteiger partial charge in [-0.25, -0.2) is 0 Å². The van der Waals surface area contributed by atoms with E-state index in [2.05, 4.69) is 15.5 Å². The summed E-state index contributed by atoms with van der Waals surface area (Å²) in [5.74, 6) is -0.0452. The summed E-state index contributed by atoms with van der Waals surface area (Å²) in [7, 11) is 0. The van der Waals surface area contributed by atoms with Gasteiger partial charge >= 0.3 is 0 Å². The Kier molecular flexibility index (Phi) is 8.75. The molecule has 1 fully saturated rings. The predicted molar refractivity (Wildman–Crippen MR) is 111 cm³/mol. The summed E-state index contributed by atoms with van der Waals surface area (Å²) in [6.07, 6.45) is 7.01. The second kappa shape index (κ2) is 11.0. The molecule has 2 rings (SSSR count). The molecule has 1 aromatic rings. The van der Waals surface area contributed by atoms with Gasteiger partial charge in [-0.05, 0) is 56.1 Å². The molecule has 6 heteroatoms. The Labute approximate surface area is 162 Å². The van der Waals surface area contributed by atoms with Gasteiger partial charge in [-0.1, -0.05) is 39.5 Å². The minimum atomic E-state index is -0.521. The SMILES string of the molecule is CCC(C)C(N)C(=O)Nc1ccc(NC(=O)CN2CCCCCCC2)cc1. The lowest BCUT2D eigenvalue weighted by Crippen LogP contribution is -2.40. The summed E-state index contributed by atoms with van der Waals surface area (Å²) in [5.41, 5.74) is 7.36. The molecule has 0 aromatic heterocycles. The molecule has 2 amide bonds. The Hall–Kier alpha value is -1.92. The standard InChI is InChI=1S/C21H34N4O2/c1-3-16(2)20(22)21(27)24-18-11-9-17(10-12-18)23-19(26)15-25-13-7-5-4-6-8-14-25/h9-12,16,20H,3-8,13-15,22H2,1-2H3,(H,23,26)(H,24,27). The topological polar surface area (TPSA) is 87.5 Å². The Morgan fingerprint density at radius 1 is 1.00 bits per heavy atom. The summed E-state index contributed by atoms with van der Waals surface area (Å²) in [6, 6.07) is 6.65. The van der Waals surface area contributed by atoms with Crippen molar-refractivity contribution in [2.24, 2.45) is 11.7 Å². The minimum Gasteiger partial charge on any atom is -0.325 e. The molecule has 1 saturated heterocycles. The van der Waals surface area contributed by atoms with Crippen LogP contribution in [0.5, 0.6) is 0 Å². The number of benzene rings is 1. The molecule has 0 aliphatic carbocycles. The molecule has 0 bridgehead atoms. The molecule has 4 N–H and O–H groups in total. The van der Waals surface area contributed by atoms with Crippen LogP contribution in [0.15, 0.2) is 24.3 Å². The van der Waals surface area contributed by atoms with Gasteiger partial charge < -0.3 is 16.4 Å².